The first kappa shape index (κ1) is 23.7. The van der Waals surface area contributed by atoms with E-state index >= 15 is 0 Å². The maximum absolute atomic E-state index is 12.7. The largest absolute Gasteiger partial charge is 0.349 e. The topological polar surface area (TPSA) is 78.0 Å². The van der Waals surface area contributed by atoms with Gasteiger partial charge in [-0.15, -0.1) is 0 Å². The van der Waals surface area contributed by atoms with Gasteiger partial charge in [-0.25, -0.2) is 9.78 Å². The van der Waals surface area contributed by atoms with Crippen LogP contribution in [0.15, 0.2) is 65.5 Å². The lowest BCUT2D eigenvalue weighted by Gasteiger charge is -2.44. The molecule has 1 saturated heterocycles. The molecule has 2 aromatic carbocycles. The summed E-state index contributed by atoms with van der Waals surface area (Å²) in [6.07, 6.45) is 0. The molecule has 0 aliphatic carbocycles. The molecule has 0 amide bonds. The molecule has 1 aliphatic rings. The van der Waals surface area contributed by atoms with Crippen molar-refractivity contribution in [2.45, 2.75) is 32.9 Å². The minimum Gasteiger partial charge on any atom is -0.349 e. The van der Waals surface area contributed by atoms with E-state index in [4.69, 9.17) is 0 Å². The van der Waals surface area contributed by atoms with E-state index in [1.54, 1.807) is 19.2 Å². The van der Waals surface area contributed by atoms with Crippen molar-refractivity contribution in [1.29, 1.82) is 5.26 Å². The highest BCUT2D eigenvalue weighted by molar-refractivity contribution is 5.86. The Morgan fingerprint density at radius 3 is 2.08 bits per heavy atom. The second kappa shape index (κ2) is 9.56. The Bertz CT molecular complexity index is 1460. The Morgan fingerprint density at radius 1 is 0.917 bits per heavy atom. The highest BCUT2D eigenvalue weighted by atomic mass is 16.1. The molecule has 0 N–H and O–H groups in total. The molecular formula is C29H30N6O. The third-order valence-electron chi connectivity index (χ3n) is 7.13. The molecule has 182 valence electrons. The Morgan fingerprint density at radius 2 is 1.53 bits per heavy atom. The van der Waals surface area contributed by atoms with Gasteiger partial charge in [0.1, 0.15) is 17.3 Å². The van der Waals surface area contributed by atoms with E-state index in [1.807, 2.05) is 0 Å². The van der Waals surface area contributed by atoms with Crippen molar-refractivity contribution in [2.75, 3.05) is 24.5 Å². The Balaban J connectivity index is 1.51. The van der Waals surface area contributed by atoms with Crippen LogP contribution in [0.1, 0.15) is 40.9 Å². The quantitative estimate of drug-likeness (QED) is 0.439. The Hall–Kier alpha value is -4.02. The number of nitrogens with zero attached hydrogens (tertiary/aromatic N) is 6. The molecule has 0 saturated carbocycles. The van der Waals surface area contributed by atoms with Gasteiger partial charge < -0.3 is 4.90 Å². The van der Waals surface area contributed by atoms with Crippen LogP contribution in [0.2, 0.25) is 0 Å². The fraction of sp³-hybridized carbons (Fsp3) is 0.310. The molecule has 1 unspecified atom stereocenters. The van der Waals surface area contributed by atoms with E-state index in [9.17, 15) is 10.1 Å². The van der Waals surface area contributed by atoms with Gasteiger partial charge in [0.2, 0.25) is 0 Å². The number of anilines is 1. The predicted octanol–water partition coefficient (Wildman–Crippen LogP) is 4.12. The summed E-state index contributed by atoms with van der Waals surface area (Å²) in [5.41, 5.74) is 6.27. The summed E-state index contributed by atoms with van der Waals surface area (Å²) in [6.45, 7) is 8.67. The summed E-state index contributed by atoms with van der Waals surface area (Å²) in [6, 6.07) is 23.3. The molecule has 1 fully saturated rings. The first-order valence-corrected chi connectivity index (χ1v) is 12.3. The van der Waals surface area contributed by atoms with Gasteiger partial charge in [-0.1, -0.05) is 59.7 Å². The van der Waals surface area contributed by atoms with Gasteiger partial charge in [-0.2, -0.15) is 10.2 Å². The van der Waals surface area contributed by atoms with Crippen LogP contribution in [0.25, 0.3) is 11.0 Å². The minimum absolute atomic E-state index is 0.0903. The van der Waals surface area contributed by atoms with Crippen LogP contribution in [0.5, 0.6) is 0 Å². The number of piperazine rings is 1. The summed E-state index contributed by atoms with van der Waals surface area (Å²) in [5, 5.41) is 9.40. The maximum Gasteiger partial charge on any atom is 0.349 e. The molecule has 7 nitrogen and oxygen atoms in total. The summed E-state index contributed by atoms with van der Waals surface area (Å²) in [4.78, 5) is 26.3. The maximum atomic E-state index is 12.7. The lowest BCUT2D eigenvalue weighted by molar-refractivity contribution is 0.187. The molecule has 1 atom stereocenters. The fourth-order valence-electron chi connectivity index (χ4n) is 5.12. The van der Waals surface area contributed by atoms with Crippen LogP contribution < -0.4 is 10.6 Å². The third-order valence-corrected chi connectivity index (χ3v) is 7.13. The molecule has 0 spiro atoms. The molecule has 7 heteroatoms. The van der Waals surface area contributed by atoms with E-state index in [2.05, 4.69) is 95.1 Å². The summed E-state index contributed by atoms with van der Waals surface area (Å²) in [5.74, 6) is 0.555. The molecular weight excluding hydrogens is 448 g/mol. The summed E-state index contributed by atoms with van der Waals surface area (Å²) in [7, 11) is 1.68. The van der Waals surface area contributed by atoms with Crippen LogP contribution in [0.4, 0.5) is 5.82 Å². The standard InChI is InChI=1S/C29H30N6O/c1-19-5-9-22(10-6-19)27(23-11-7-20(2)8-12-23)34-15-16-35(21(3)18-34)28-26-25(33(4)29(36)32-28)14-13-24(17-30)31-26/h5-14,21,27H,15-16,18H2,1-4H3. The van der Waals surface area contributed by atoms with Crippen LogP contribution in [-0.4, -0.2) is 45.1 Å². The van der Waals surface area contributed by atoms with E-state index in [0.29, 0.717) is 29.1 Å². The van der Waals surface area contributed by atoms with Gasteiger partial charge in [0.25, 0.3) is 0 Å². The number of aryl methyl sites for hydroxylation is 3. The molecule has 3 heterocycles. The number of benzene rings is 2. The predicted molar refractivity (Wildman–Crippen MR) is 142 cm³/mol. The van der Waals surface area contributed by atoms with Crippen LogP contribution >= 0.6 is 0 Å². The van der Waals surface area contributed by atoms with Crippen molar-refractivity contribution in [3.05, 3.63) is 99.1 Å². The number of pyridine rings is 1. The highest BCUT2D eigenvalue weighted by Crippen LogP contribution is 2.33. The van der Waals surface area contributed by atoms with Crippen molar-refractivity contribution in [2.24, 2.45) is 7.05 Å². The number of hydrogen-bond acceptors (Lipinski definition) is 6. The molecule has 1 aliphatic heterocycles. The number of fused-ring (bicyclic) bond motifs is 1. The van der Waals surface area contributed by atoms with Gasteiger partial charge >= 0.3 is 5.69 Å². The van der Waals surface area contributed by atoms with Gasteiger partial charge in [0, 0.05) is 32.7 Å². The van der Waals surface area contributed by atoms with Gasteiger partial charge in [-0.3, -0.25) is 9.47 Å². The summed E-state index contributed by atoms with van der Waals surface area (Å²) < 4.78 is 1.48. The van der Waals surface area contributed by atoms with Crippen molar-refractivity contribution in [3.8, 4) is 6.07 Å². The average molecular weight is 479 g/mol. The number of hydrogen-bond donors (Lipinski definition) is 0. The van der Waals surface area contributed by atoms with Crippen molar-refractivity contribution in [3.63, 3.8) is 0 Å². The third kappa shape index (κ3) is 4.36. The van der Waals surface area contributed by atoms with Crippen molar-refractivity contribution >= 4 is 16.9 Å². The first-order valence-electron chi connectivity index (χ1n) is 12.3. The zero-order valence-electron chi connectivity index (χ0n) is 21.1. The van der Waals surface area contributed by atoms with Gasteiger partial charge in [0.05, 0.1) is 11.6 Å². The Kier molecular flexibility index (Phi) is 6.29. The number of rotatable bonds is 4. The van der Waals surface area contributed by atoms with E-state index in [-0.39, 0.29) is 17.8 Å². The second-order valence-corrected chi connectivity index (χ2v) is 9.71. The summed E-state index contributed by atoms with van der Waals surface area (Å²) >= 11 is 0. The van der Waals surface area contributed by atoms with Crippen molar-refractivity contribution in [1.82, 2.24) is 19.4 Å². The van der Waals surface area contributed by atoms with Crippen LogP contribution in [0, 0.1) is 25.2 Å². The smallest absolute Gasteiger partial charge is 0.349 e. The molecule has 0 bridgehead atoms. The zero-order valence-corrected chi connectivity index (χ0v) is 21.1. The fourth-order valence-corrected chi connectivity index (χ4v) is 5.12. The first-order chi connectivity index (χ1) is 17.4. The monoisotopic (exact) mass is 478 g/mol. The molecule has 2 aromatic heterocycles. The second-order valence-electron chi connectivity index (χ2n) is 9.71. The van der Waals surface area contributed by atoms with Crippen LogP contribution in [0.3, 0.4) is 0 Å². The van der Waals surface area contributed by atoms with E-state index in [0.717, 1.165) is 13.1 Å². The highest BCUT2D eigenvalue weighted by Gasteiger charge is 2.32. The molecule has 36 heavy (non-hydrogen) atoms. The van der Waals surface area contributed by atoms with Crippen molar-refractivity contribution < 1.29 is 0 Å². The SMILES string of the molecule is Cc1ccc(C(c2ccc(C)cc2)N2CCN(c3nc(=O)n(C)c4ccc(C#N)nc34)C(C)C2)cc1. The van der Waals surface area contributed by atoms with Crippen LogP contribution in [-0.2, 0) is 7.05 Å². The lowest BCUT2D eigenvalue weighted by Crippen LogP contribution is -2.53. The Labute approximate surface area is 211 Å². The minimum atomic E-state index is -0.323. The average Bonchev–Trinajstić information content (AvgIpc) is 2.88. The molecule has 0 radical (unpaired) electrons. The molecule has 5 rings (SSSR count). The zero-order chi connectivity index (χ0) is 25.4. The molecule has 4 aromatic rings. The number of aromatic nitrogens is 3. The lowest BCUT2D eigenvalue weighted by atomic mass is 9.94. The number of nitriles is 1. The van der Waals surface area contributed by atoms with Gasteiger partial charge in [0.15, 0.2) is 5.82 Å². The normalized spacial score (nSPS) is 16.4. The van der Waals surface area contributed by atoms with Gasteiger partial charge in [-0.05, 0) is 44.0 Å². The van der Waals surface area contributed by atoms with E-state index < -0.39 is 0 Å². The van der Waals surface area contributed by atoms with E-state index in [1.165, 1.54) is 26.8 Å².